The molecule has 4 heteroatoms. The molecule has 158 valence electrons. The summed E-state index contributed by atoms with van der Waals surface area (Å²) in [5, 5.41) is 17.3. The summed E-state index contributed by atoms with van der Waals surface area (Å²) in [6.45, 7) is 11.7. The fraction of sp³-hybridized carbons (Fsp3) is 0.417. The first-order chi connectivity index (χ1) is 13.3. The Hall–Kier alpha value is -2.62. The molecule has 0 heterocycles. The van der Waals surface area contributed by atoms with E-state index in [9.17, 15) is 9.59 Å². The molecule has 0 fully saturated rings. The van der Waals surface area contributed by atoms with Gasteiger partial charge in [0.1, 0.15) is 23.1 Å². The fourth-order valence-electron chi connectivity index (χ4n) is 1.26. The molecule has 2 aromatic carbocycles. The Balaban J connectivity index is -0.000000294. The van der Waals surface area contributed by atoms with Crippen LogP contribution in [0.5, 0.6) is 11.5 Å². The number of ketones is 2. The third-order valence-corrected chi connectivity index (χ3v) is 2.35. The number of Topliss-reactive ketones (excluding diaryl/α,β-unsaturated/α-hetero) is 2. The van der Waals surface area contributed by atoms with E-state index in [4.69, 9.17) is 10.2 Å². The van der Waals surface area contributed by atoms with Crippen molar-refractivity contribution >= 4 is 11.6 Å². The lowest BCUT2D eigenvalue weighted by Gasteiger charge is -1.87. The molecule has 0 amide bonds. The van der Waals surface area contributed by atoms with Gasteiger partial charge in [-0.2, -0.15) is 0 Å². The van der Waals surface area contributed by atoms with Crippen molar-refractivity contribution in [3.05, 3.63) is 60.7 Å². The Bertz CT molecular complexity index is 526. The molecule has 0 aromatic heterocycles. The lowest BCUT2D eigenvalue weighted by atomic mass is 10.2. The summed E-state index contributed by atoms with van der Waals surface area (Å²) < 4.78 is 0. The van der Waals surface area contributed by atoms with Crippen LogP contribution in [0.4, 0.5) is 0 Å². The Morgan fingerprint density at radius 1 is 0.679 bits per heavy atom. The van der Waals surface area contributed by atoms with Crippen LogP contribution in [-0.4, -0.2) is 21.8 Å². The van der Waals surface area contributed by atoms with Gasteiger partial charge >= 0.3 is 0 Å². The highest BCUT2D eigenvalue weighted by atomic mass is 16.3. The summed E-state index contributed by atoms with van der Waals surface area (Å²) in [6.07, 6.45) is 3.08. The number of carbonyl (C=O) groups is 2. The Morgan fingerprint density at radius 3 is 1.07 bits per heavy atom. The van der Waals surface area contributed by atoms with E-state index in [1.807, 2.05) is 12.1 Å². The van der Waals surface area contributed by atoms with Gasteiger partial charge in [-0.1, -0.05) is 83.9 Å². The third kappa shape index (κ3) is 31.2. The lowest BCUT2D eigenvalue weighted by Crippen LogP contribution is -2.01. The number of carbonyl (C=O) groups excluding carboxylic acids is 2. The van der Waals surface area contributed by atoms with Gasteiger partial charge < -0.3 is 10.2 Å². The van der Waals surface area contributed by atoms with Crippen LogP contribution in [0.3, 0.4) is 0 Å². The Morgan fingerprint density at radius 2 is 0.964 bits per heavy atom. The van der Waals surface area contributed by atoms with Gasteiger partial charge in [0.2, 0.25) is 0 Å². The van der Waals surface area contributed by atoms with Crippen molar-refractivity contribution in [2.24, 2.45) is 0 Å². The number of para-hydroxylation sites is 2. The minimum Gasteiger partial charge on any atom is -0.508 e. The van der Waals surface area contributed by atoms with E-state index in [-0.39, 0.29) is 18.0 Å². The van der Waals surface area contributed by atoms with Gasteiger partial charge in [0.25, 0.3) is 0 Å². The van der Waals surface area contributed by atoms with Gasteiger partial charge in [0.05, 0.1) is 6.42 Å². The summed E-state index contributed by atoms with van der Waals surface area (Å²) >= 11 is 0. The topological polar surface area (TPSA) is 74.6 Å². The molecule has 2 N–H and O–H groups in total. The first-order valence-electron chi connectivity index (χ1n) is 9.77. The molecule has 0 atom stereocenters. The van der Waals surface area contributed by atoms with Gasteiger partial charge in [-0.25, -0.2) is 0 Å². The smallest absolute Gasteiger partial charge is 0.139 e. The average Bonchev–Trinajstić information content (AvgIpc) is 2.65. The highest BCUT2D eigenvalue weighted by Gasteiger charge is 1.99. The molecular formula is C24H38O4. The van der Waals surface area contributed by atoms with E-state index in [2.05, 4.69) is 27.7 Å². The molecule has 4 nitrogen and oxygen atoms in total. The van der Waals surface area contributed by atoms with Crippen LogP contribution in [0.2, 0.25) is 0 Å². The number of aromatic hydroxyl groups is 2. The zero-order valence-electron chi connectivity index (χ0n) is 18.3. The molecule has 0 aliphatic heterocycles. The summed E-state index contributed by atoms with van der Waals surface area (Å²) in [4.78, 5) is 20.6. The lowest BCUT2D eigenvalue weighted by molar-refractivity contribution is -0.125. The summed E-state index contributed by atoms with van der Waals surface area (Å²) in [6, 6.07) is 17.4. The minimum atomic E-state index is -0.0446. The second-order valence-electron chi connectivity index (χ2n) is 5.86. The van der Waals surface area contributed by atoms with Crippen LogP contribution >= 0.6 is 0 Å². The van der Waals surface area contributed by atoms with Gasteiger partial charge in [0.15, 0.2) is 0 Å². The normalized spacial score (nSPS) is 8.07. The fourth-order valence-corrected chi connectivity index (χ4v) is 1.26. The molecule has 2 rings (SSSR count). The zero-order valence-corrected chi connectivity index (χ0v) is 18.3. The minimum absolute atomic E-state index is 0.0255. The molecular weight excluding hydrogens is 352 g/mol. The van der Waals surface area contributed by atoms with Gasteiger partial charge in [-0.3, -0.25) is 9.59 Å². The van der Waals surface area contributed by atoms with Crippen LogP contribution < -0.4 is 0 Å². The van der Waals surface area contributed by atoms with Crippen LogP contribution in [0.15, 0.2) is 60.7 Å². The molecule has 0 saturated heterocycles. The van der Waals surface area contributed by atoms with E-state index in [0.29, 0.717) is 17.9 Å². The van der Waals surface area contributed by atoms with Crippen molar-refractivity contribution in [3.8, 4) is 11.5 Å². The van der Waals surface area contributed by atoms with Crippen LogP contribution in [-0.2, 0) is 9.59 Å². The Labute approximate surface area is 171 Å². The molecule has 0 bridgehead atoms. The van der Waals surface area contributed by atoms with Gasteiger partial charge in [-0.15, -0.1) is 0 Å². The third-order valence-electron chi connectivity index (χ3n) is 2.35. The van der Waals surface area contributed by atoms with Crippen molar-refractivity contribution in [2.45, 2.75) is 67.2 Å². The van der Waals surface area contributed by atoms with Crippen molar-refractivity contribution in [2.75, 3.05) is 0 Å². The van der Waals surface area contributed by atoms with Crippen LogP contribution in [0.25, 0.3) is 0 Å². The molecule has 0 aliphatic carbocycles. The number of phenolic OH excluding ortho intramolecular Hbond substituents is 2. The maximum atomic E-state index is 10.4. The van der Waals surface area contributed by atoms with E-state index in [1.165, 1.54) is 19.8 Å². The van der Waals surface area contributed by atoms with Crippen molar-refractivity contribution in [1.82, 2.24) is 0 Å². The van der Waals surface area contributed by atoms with Crippen molar-refractivity contribution in [1.29, 1.82) is 0 Å². The van der Waals surface area contributed by atoms with Crippen LogP contribution in [0.1, 0.15) is 67.2 Å². The quantitative estimate of drug-likeness (QED) is 0.582. The second kappa shape index (κ2) is 24.4. The number of benzene rings is 2. The molecule has 2 aromatic rings. The summed E-state index contributed by atoms with van der Waals surface area (Å²) in [5.74, 6) is 0.624. The first kappa shape index (κ1) is 30.1. The largest absolute Gasteiger partial charge is 0.508 e. The zero-order chi connectivity index (χ0) is 22.2. The molecule has 0 saturated carbocycles. The number of rotatable bonds is 3. The first-order valence-corrected chi connectivity index (χ1v) is 9.77. The second-order valence-corrected chi connectivity index (χ2v) is 5.86. The Kier molecular flexibility index (Phi) is 26.2. The highest BCUT2D eigenvalue weighted by molar-refractivity contribution is 5.97. The van der Waals surface area contributed by atoms with Crippen molar-refractivity contribution < 1.29 is 19.8 Å². The maximum absolute atomic E-state index is 10.4. The molecule has 0 aliphatic rings. The SMILES string of the molecule is CCC.CCC.CCC(=O)CC(C)=O.Oc1ccccc1.Oc1ccccc1. The monoisotopic (exact) mass is 390 g/mol. The van der Waals surface area contributed by atoms with Gasteiger partial charge in [0, 0.05) is 6.42 Å². The number of hydrogen-bond acceptors (Lipinski definition) is 4. The summed E-state index contributed by atoms with van der Waals surface area (Å²) in [5.41, 5.74) is 0. The van der Waals surface area contributed by atoms with Crippen molar-refractivity contribution in [3.63, 3.8) is 0 Å². The highest BCUT2D eigenvalue weighted by Crippen LogP contribution is 2.03. The molecule has 28 heavy (non-hydrogen) atoms. The predicted molar refractivity (Wildman–Crippen MR) is 119 cm³/mol. The summed E-state index contributed by atoms with van der Waals surface area (Å²) in [7, 11) is 0. The average molecular weight is 391 g/mol. The molecule has 0 radical (unpaired) electrons. The number of phenols is 2. The van der Waals surface area contributed by atoms with Crippen LogP contribution in [0, 0.1) is 0 Å². The van der Waals surface area contributed by atoms with E-state index in [0.717, 1.165) is 0 Å². The van der Waals surface area contributed by atoms with E-state index >= 15 is 0 Å². The molecule has 0 unspecified atom stereocenters. The number of hydrogen-bond donors (Lipinski definition) is 2. The maximum Gasteiger partial charge on any atom is 0.139 e. The van der Waals surface area contributed by atoms with E-state index in [1.54, 1.807) is 55.5 Å². The van der Waals surface area contributed by atoms with Gasteiger partial charge in [-0.05, 0) is 31.2 Å². The standard InChI is InChI=1S/C6H10O2.2C6H6O.2C3H8/c1-3-6(8)4-5(2)7;2*7-6-4-2-1-3-5-6;2*1-3-2/h3-4H2,1-2H3;2*1-5,7H;2*3H2,1-2H3. The molecule has 0 spiro atoms. The van der Waals surface area contributed by atoms with E-state index < -0.39 is 0 Å². The predicted octanol–water partition coefficient (Wildman–Crippen LogP) is 6.56.